The van der Waals surface area contributed by atoms with Crippen molar-refractivity contribution in [3.63, 3.8) is 0 Å². The second-order valence-corrected chi connectivity index (χ2v) is 5.29. The van der Waals surface area contributed by atoms with Gasteiger partial charge in [0.15, 0.2) is 0 Å². The average molecular weight is 268 g/mol. The minimum Gasteiger partial charge on any atom is -0.341 e. The standard InChI is InChI=1S/C12H16N2OS2/c1-14(12(15)9-16-2)7-10-6-11(17-8-10)4-3-5-13/h6,8H,5,7,9,13H2,1-2H3. The third-order valence-corrected chi connectivity index (χ3v) is 3.51. The molecule has 0 aromatic carbocycles. The van der Waals surface area contributed by atoms with Crippen molar-refractivity contribution in [1.82, 2.24) is 4.90 Å². The second-order valence-electron chi connectivity index (χ2n) is 3.51. The lowest BCUT2D eigenvalue weighted by Crippen LogP contribution is -2.27. The number of amides is 1. The molecule has 5 heteroatoms. The summed E-state index contributed by atoms with van der Waals surface area (Å²) in [6, 6.07) is 2.01. The second kappa shape index (κ2) is 7.38. The van der Waals surface area contributed by atoms with Crippen molar-refractivity contribution in [3.8, 4) is 11.8 Å². The van der Waals surface area contributed by atoms with E-state index in [1.165, 1.54) is 0 Å². The first kappa shape index (κ1) is 14.1. The van der Waals surface area contributed by atoms with E-state index in [1.54, 1.807) is 28.0 Å². The first-order valence-electron chi connectivity index (χ1n) is 5.16. The summed E-state index contributed by atoms with van der Waals surface area (Å²) in [6.45, 7) is 1.01. The minimum atomic E-state index is 0.151. The Hall–Kier alpha value is -0.960. The molecule has 0 fully saturated rings. The molecule has 0 aliphatic rings. The monoisotopic (exact) mass is 268 g/mol. The predicted octanol–water partition coefficient (Wildman–Crippen LogP) is 1.38. The molecule has 2 N–H and O–H groups in total. The Morgan fingerprint density at radius 2 is 2.41 bits per heavy atom. The third kappa shape index (κ3) is 4.82. The summed E-state index contributed by atoms with van der Waals surface area (Å²) in [5.74, 6) is 6.49. The van der Waals surface area contributed by atoms with Gasteiger partial charge in [0.1, 0.15) is 0 Å². The Kier molecular flexibility index (Phi) is 6.12. The molecule has 0 saturated heterocycles. The van der Waals surface area contributed by atoms with Gasteiger partial charge in [-0.15, -0.1) is 11.3 Å². The zero-order valence-electron chi connectivity index (χ0n) is 10.0. The maximum Gasteiger partial charge on any atom is 0.232 e. The lowest BCUT2D eigenvalue weighted by atomic mass is 10.3. The van der Waals surface area contributed by atoms with Crippen LogP contribution in [0.25, 0.3) is 0 Å². The van der Waals surface area contributed by atoms with Crippen LogP contribution >= 0.6 is 23.1 Å². The predicted molar refractivity (Wildman–Crippen MR) is 75.1 cm³/mol. The number of nitrogens with zero attached hydrogens (tertiary/aromatic N) is 1. The molecule has 0 atom stereocenters. The topological polar surface area (TPSA) is 46.3 Å². The molecular weight excluding hydrogens is 252 g/mol. The van der Waals surface area contributed by atoms with Gasteiger partial charge in [0.25, 0.3) is 0 Å². The van der Waals surface area contributed by atoms with Crippen LogP contribution in [0.1, 0.15) is 10.4 Å². The van der Waals surface area contributed by atoms with Crippen molar-refractivity contribution >= 4 is 29.0 Å². The van der Waals surface area contributed by atoms with Crippen LogP contribution in [0.2, 0.25) is 0 Å². The summed E-state index contributed by atoms with van der Waals surface area (Å²) in [5, 5.41) is 2.03. The van der Waals surface area contributed by atoms with Gasteiger partial charge in [0, 0.05) is 13.6 Å². The summed E-state index contributed by atoms with van der Waals surface area (Å²) in [6.07, 6.45) is 1.93. The van der Waals surface area contributed by atoms with E-state index in [4.69, 9.17) is 5.73 Å². The zero-order valence-corrected chi connectivity index (χ0v) is 11.7. The number of carbonyl (C=O) groups is 1. The number of hydrogen-bond donors (Lipinski definition) is 1. The van der Waals surface area contributed by atoms with Crippen molar-refractivity contribution in [2.24, 2.45) is 5.73 Å². The molecule has 0 unspecified atom stereocenters. The highest BCUT2D eigenvalue weighted by Crippen LogP contribution is 2.15. The fraction of sp³-hybridized carbons (Fsp3) is 0.417. The number of carbonyl (C=O) groups excluding carboxylic acids is 1. The molecule has 0 aliphatic heterocycles. The molecule has 0 spiro atoms. The molecule has 1 heterocycles. The van der Waals surface area contributed by atoms with Gasteiger partial charge in [0.2, 0.25) is 5.91 Å². The van der Waals surface area contributed by atoms with E-state index >= 15 is 0 Å². The number of thiophene rings is 1. The lowest BCUT2D eigenvalue weighted by molar-refractivity contribution is -0.127. The normalized spacial score (nSPS) is 9.59. The summed E-state index contributed by atoms with van der Waals surface area (Å²) in [7, 11) is 1.82. The van der Waals surface area contributed by atoms with Gasteiger partial charge >= 0.3 is 0 Å². The van der Waals surface area contributed by atoms with Gasteiger partial charge in [-0.1, -0.05) is 11.8 Å². The van der Waals surface area contributed by atoms with Crippen molar-refractivity contribution in [2.45, 2.75) is 6.54 Å². The molecule has 3 nitrogen and oxygen atoms in total. The van der Waals surface area contributed by atoms with E-state index in [2.05, 4.69) is 11.8 Å². The van der Waals surface area contributed by atoms with Gasteiger partial charge in [-0.3, -0.25) is 4.79 Å². The van der Waals surface area contributed by atoms with Gasteiger partial charge in [-0.2, -0.15) is 11.8 Å². The SMILES string of the molecule is CSCC(=O)N(C)Cc1csc(C#CCN)c1. The van der Waals surface area contributed by atoms with E-state index in [0.29, 0.717) is 18.8 Å². The van der Waals surface area contributed by atoms with Gasteiger partial charge in [-0.05, 0) is 23.3 Å². The van der Waals surface area contributed by atoms with Crippen LogP contribution in [0.15, 0.2) is 11.4 Å². The summed E-state index contributed by atoms with van der Waals surface area (Å²) in [5.41, 5.74) is 6.43. The first-order valence-corrected chi connectivity index (χ1v) is 7.44. The fourth-order valence-electron chi connectivity index (χ4n) is 1.26. The smallest absolute Gasteiger partial charge is 0.232 e. The van der Waals surface area contributed by atoms with E-state index in [0.717, 1.165) is 10.4 Å². The summed E-state index contributed by atoms with van der Waals surface area (Å²) in [4.78, 5) is 14.3. The molecule has 0 bridgehead atoms. The number of hydrogen-bond acceptors (Lipinski definition) is 4. The van der Waals surface area contributed by atoms with Crippen LogP contribution in [0.3, 0.4) is 0 Å². The fourth-order valence-corrected chi connectivity index (χ4v) is 2.50. The van der Waals surface area contributed by atoms with Crippen LogP contribution in [-0.2, 0) is 11.3 Å². The molecule has 0 aliphatic carbocycles. The van der Waals surface area contributed by atoms with Gasteiger partial charge in [0.05, 0.1) is 17.2 Å². The van der Waals surface area contributed by atoms with Crippen molar-refractivity contribution in [1.29, 1.82) is 0 Å². The molecule has 1 aromatic heterocycles. The van der Waals surface area contributed by atoms with E-state index in [-0.39, 0.29) is 5.91 Å². The third-order valence-electron chi connectivity index (χ3n) is 2.08. The Morgan fingerprint density at radius 1 is 1.65 bits per heavy atom. The van der Waals surface area contributed by atoms with Crippen LogP contribution in [-0.4, -0.2) is 36.4 Å². The van der Waals surface area contributed by atoms with Crippen LogP contribution in [0.4, 0.5) is 0 Å². The minimum absolute atomic E-state index is 0.151. The van der Waals surface area contributed by atoms with Gasteiger partial charge < -0.3 is 10.6 Å². The number of rotatable bonds is 4. The Morgan fingerprint density at radius 3 is 3.06 bits per heavy atom. The molecule has 0 saturated carbocycles. The zero-order chi connectivity index (χ0) is 12.7. The molecule has 0 radical (unpaired) electrons. The van der Waals surface area contributed by atoms with E-state index in [1.807, 2.05) is 24.7 Å². The number of nitrogens with two attached hydrogens (primary N) is 1. The first-order chi connectivity index (χ1) is 8.17. The summed E-state index contributed by atoms with van der Waals surface area (Å²) >= 11 is 3.12. The Labute approximate surface area is 110 Å². The highest BCUT2D eigenvalue weighted by molar-refractivity contribution is 7.99. The quantitative estimate of drug-likeness (QED) is 0.839. The van der Waals surface area contributed by atoms with Crippen molar-refractivity contribution in [3.05, 3.63) is 21.9 Å². The molecular formula is C12H16N2OS2. The van der Waals surface area contributed by atoms with Crippen LogP contribution in [0, 0.1) is 11.8 Å². The van der Waals surface area contributed by atoms with Crippen molar-refractivity contribution < 1.29 is 4.79 Å². The van der Waals surface area contributed by atoms with Crippen LogP contribution < -0.4 is 5.73 Å². The summed E-state index contributed by atoms with van der Waals surface area (Å²) < 4.78 is 0. The average Bonchev–Trinajstić information content (AvgIpc) is 2.74. The van der Waals surface area contributed by atoms with Crippen molar-refractivity contribution in [2.75, 3.05) is 25.6 Å². The molecule has 17 heavy (non-hydrogen) atoms. The lowest BCUT2D eigenvalue weighted by Gasteiger charge is -2.15. The Balaban J connectivity index is 2.57. The maximum atomic E-state index is 11.6. The molecule has 1 rings (SSSR count). The molecule has 1 aromatic rings. The van der Waals surface area contributed by atoms with E-state index < -0.39 is 0 Å². The maximum absolute atomic E-state index is 11.6. The molecule has 92 valence electrons. The van der Waals surface area contributed by atoms with Crippen LogP contribution in [0.5, 0.6) is 0 Å². The Bertz CT molecular complexity index is 431. The van der Waals surface area contributed by atoms with Gasteiger partial charge in [-0.25, -0.2) is 0 Å². The number of thioether (sulfide) groups is 1. The molecule has 1 amide bonds. The van der Waals surface area contributed by atoms with E-state index in [9.17, 15) is 4.79 Å². The largest absolute Gasteiger partial charge is 0.341 e. The highest BCUT2D eigenvalue weighted by atomic mass is 32.2. The highest BCUT2D eigenvalue weighted by Gasteiger charge is 2.09.